The molecule has 1 N–H and O–H groups in total. The number of nitrogens with zero attached hydrogens (tertiary/aromatic N) is 1. The van der Waals surface area contributed by atoms with Crippen LogP contribution in [-0.4, -0.2) is 23.3 Å². The Balaban J connectivity index is 1.78. The number of aromatic nitrogens is 1. The van der Waals surface area contributed by atoms with Gasteiger partial charge in [0, 0.05) is 17.6 Å². The van der Waals surface area contributed by atoms with Crippen molar-refractivity contribution in [3.8, 4) is 11.5 Å². The molecule has 4 heteroatoms. The molecule has 0 aliphatic rings. The Bertz CT molecular complexity index is 744. The van der Waals surface area contributed by atoms with E-state index in [-0.39, 0.29) is 13.2 Å². The van der Waals surface area contributed by atoms with Crippen molar-refractivity contribution in [1.82, 2.24) is 4.98 Å². The number of pyridine rings is 1. The Morgan fingerprint density at radius 3 is 2.64 bits per heavy atom. The van der Waals surface area contributed by atoms with Crippen molar-refractivity contribution in [2.45, 2.75) is 6.61 Å². The summed E-state index contributed by atoms with van der Waals surface area (Å²) in [6.45, 7) is 0.778. The average Bonchev–Trinajstić information content (AvgIpc) is 2.58. The largest absolute Gasteiger partial charge is 0.490 e. The number of aliphatic hydroxyl groups excluding tert-OH is 1. The number of ether oxygens (including phenoxy) is 2. The van der Waals surface area contributed by atoms with Crippen LogP contribution in [-0.2, 0) is 6.61 Å². The van der Waals surface area contributed by atoms with Gasteiger partial charge in [-0.1, -0.05) is 30.3 Å². The van der Waals surface area contributed by atoms with Gasteiger partial charge >= 0.3 is 0 Å². The van der Waals surface area contributed by atoms with Gasteiger partial charge in [0.05, 0.1) is 12.1 Å². The predicted octanol–water partition coefficient (Wildman–Crippen LogP) is 3.18. The van der Waals surface area contributed by atoms with E-state index in [4.69, 9.17) is 14.6 Å². The van der Waals surface area contributed by atoms with E-state index in [2.05, 4.69) is 4.98 Å². The maximum absolute atomic E-state index is 8.86. The standard InChI is InChI=1S/C18H17NO3/c20-10-11-21-18-8-9-19-17-12-15(6-7-16(17)18)22-13-14-4-2-1-3-5-14/h1-9,12,20H,10-11,13H2. The van der Waals surface area contributed by atoms with E-state index in [1.807, 2.05) is 48.5 Å². The van der Waals surface area contributed by atoms with Gasteiger partial charge in [0.25, 0.3) is 0 Å². The van der Waals surface area contributed by atoms with Crippen molar-refractivity contribution in [3.63, 3.8) is 0 Å². The summed E-state index contributed by atoms with van der Waals surface area (Å²) >= 11 is 0. The number of hydrogen-bond donors (Lipinski definition) is 1. The highest BCUT2D eigenvalue weighted by Gasteiger charge is 2.05. The third kappa shape index (κ3) is 3.35. The molecule has 0 bridgehead atoms. The first-order valence-corrected chi connectivity index (χ1v) is 7.16. The SMILES string of the molecule is OCCOc1ccnc2cc(OCc3ccccc3)ccc12. The number of benzene rings is 2. The second-order valence-electron chi connectivity index (χ2n) is 4.83. The Hall–Kier alpha value is -2.59. The van der Waals surface area contributed by atoms with E-state index in [1.165, 1.54) is 0 Å². The summed E-state index contributed by atoms with van der Waals surface area (Å²) in [6, 6.07) is 17.5. The summed E-state index contributed by atoms with van der Waals surface area (Å²) in [6.07, 6.45) is 1.69. The van der Waals surface area contributed by atoms with Crippen molar-refractivity contribution in [3.05, 3.63) is 66.4 Å². The van der Waals surface area contributed by atoms with Gasteiger partial charge in [-0.3, -0.25) is 4.98 Å². The lowest BCUT2D eigenvalue weighted by Gasteiger charge is -2.10. The smallest absolute Gasteiger partial charge is 0.130 e. The summed E-state index contributed by atoms with van der Waals surface area (Å²) in [5.74, 6) is 1.48. The first kappa shape index (κ1) is 14.4. The molecule has 1 aromatic heterocycles. The quantitative estimate of drug-likeness (QED) is 0.759. The zero-order chi connectivity index (χ0) is 15.2. The van der Waals surface area contributed by atoms with Crippen LogP contribution in [0.15, 0.2) is 60.8 Å². The molecule has 0 aliphatic carbocycles. The third-order valence-electron chi connectivity index (χ3n) is 3.27. The van der Waals surface area contributed by atoms with E-state index in [1.54, 1.807) is 12.3 Å². The second-order valence-corrected chi connectivity index (χ2v) is 4.83. The van der Waals surface area contributed by atoms with Crippen molar-refractivity contribution >= 4 is 10.9 Å². The van der Waals surface area contributed by atoms with Crippen LogP contribution in [0.5, 0.6) is 11.5 Å². The van der Waals surface area contributed by atoms with Crippen LogP contribution in [0, 0.1) is 0 Å². The van der Waals surface area contributed by atoms with E-state index in [9.17, 15) is 0 Å². The molecule has 2 aromatic carbocycles. The van der Waals surface area contributed by atoms with Crippen molar-refractivity contribution in [2.75, 3.05) is 13.2 Å². The summed E-state index contributed by atoms with van der Waals surface area (Å²) in [5.41, 5.74) is 1.93. The monoisotopic (exact) mass is 295 g/mol. The molecule has 0 aliphatic heterocycles. The summed E-state index contributed by atoms with van der Waals surface area (Å²) in [7, 11) is 0. The molecule has 22 heavy (non-hydrogen) atoms. The van der Waals surface area contributed by atoms with Gasteiger partial charge in [-0.05, 0) is 23.8 Å². The lowest BCUT2D eigenvalue weighted by molar-refractivity contribution is 0.202. The first-order valence-electron chi connectivity index (χ1n) is 7.16. The van der Waals surface area contributed by atoms with E-state index < -0.39 is 0 Å². The van der Waals surface area contributed by atoms with Gasteiger partial charge in [0.15, 0.2) is 0 Å². The average molecular weight is 295 g/mol. The highest BCUT2D eigenvalue weighted by atomic mass is 16.5. The number of hydrogen-bond acceptors (Lipinski definition) is 4. The molecule has 0 unspecified atom stereocenters. The molecular weight excluding hydrogens is 278 g/mol. The van der Waals surface area contributed by atoms with Gasteiger partial charge < -0.3 is 14.6 Å². The zero-order valence-corrected chi connectivity index (χ0v) is 12.1. The van der Waals surface area contributed by atoms with Crippen LogP contribution in [0.25, 0.3) is 10.9 Å². The molecule has 0 saturated carbocycles. The summed E-state index contributed by atoms with van der Waals surface area (Å²) in [5, 5.41) is 9.77. The number of aliphatic hydroxyl groups is 1. The number of rotatable bonds is 6. The molecule has 0 atom stereocenters. The lowest BCUT2D eigenvalue weighted by atomic mass is 10.2. The van der Waals surface area contributed by atoms with Gasteiger partial charge in [-0.25, -0.2) is 0 Å². The molecule has 0 radical (unpaired) electrons. The van der Waals surface area contributed by atoms with Gasteiger partial charge in [0.1, 0.15) is 24.7 Å². The van der Waals surface area contributed by atoms with Crippen LogP contribution < -0.4 is 9.47 Å². The van der Waals surface area contributed by atoms with Crippen molar-refractivity contribution in [2.24, 2.45) is 0 Å². The fourth-order valence-electron chi connectivity index (χ4n) is 2.21. The van der Waals surface area contributed by atoms with Gasteiger partial charge in [0.2, 0.25) is 0 Å². The van der Waals surface area contributed by atoms with Crippen LogP contribution >= 0.6 is 0 Å². The minimum absolute atomic E-state index is 0.0118. The molecule has 112 valence electrons. The maximum Gasteiger partial charge on any atom is 0.130 e. The van der Waals surface area contributed by atoms with E-state index in [0.717, 1.165) is 22.2 Å². The molecular formula is C18H17NO3. The Morgan fingerprint density at radius 2 is 1.82 bits per heavy atom. The highest BCUT2D eigenvalue weighted by molar-refractivity contribution is 5.85. The molecule has 3 rings (SSSR count). The van der Waals surface area contributed by atoms with Gasteiger partial charge in [-0.15, -0.1) is 0 Å². The molecule has 0 fully saturated rings. The van der Waals surface area contributed by atoms with Gasteiger partial charge in [-0.2, -0.15) is 0 Å². The zero-order valence-electron chi connectivity index (χ0n) is 12.1. The third-order valence-corrected chi connectivity index (χ3v) is 3.27. The molecule has 0 saturated heterocycles. The van der Waals surface area contributed by atoms with Crippen molar-refractivity contribution in [1.29, 1.82) is 0 Å². The van der Waals surface area contributed by atoms with E-state index >= 15 is 0 Å². The molecule has 3 aromatic rings. The highest BCUT2D eigenvalue weighted by Crippen LogP contribution is 2.27. The van der Waals surface area contributed by atoms with Crippen LogP contribution in [0.2, 0.25) is 0 Å². The summed E-state index contributed by atoms with van der Waals surface area (Å²) < 4.78 is 11.3. The molecule has 4 nitrogen and oxygen atoms in total. The molecule has 0 spiro atoms. The van der Waals surface area contributed by atoms with Crippen LogP contribution in [0.1, 0.15) is 5.56 Å². The molecule has 1 heterocycles. The fourth-order valence-corrected chi connectivity index (χ4v) is 2.21. The lowest BCUT2D eigenvalue weighted by Crippen LogP contribution is -2.02. The Labute approximate surface area is 129 Å². The second kappa shape index (κ2) is 6.91. The fraction of sp³-hybridized carbons (Fsp3) is 0.167. The minimum Gasteiger partial charge on any atom is -0.490 e. The summed E-state index contributed by atoms with van der Waals surface area (Å²) in [4.78, 5) is 4.34. The minimum atomic E-state index is -0.0118. The normalized spacial score (nSPS) is 10.6. The molecule has 0 amide bonds. The van der Waals surface area contributed by atoms with Crippen LogP contribution in [0.4, 0.5) is 0 Å². The Morgan fingerprint density at radius 1 is 0.955 bits per heavy atom. The topological polar surface area (TPSA) is 51.6 Å². The van der Waals surface area contributed by atoms with Crippen molar-refractivity contribution < 1.29 is 14.6 Å². The van der Waals surface area contributed by atoms with Crippen LogP contribution in [0.3, 0.4) is 0 Å². The predicted molar refractivity (Wildman–Crippen MR) is 85.1 cm³/mol. The maximum atomic E-state index is 8.86. The first-order chi connectivity index (χ1) is 10.9. The Kier molecular flexibility index (Phi) is 4.51. The van der Waals surface area contributed by atoms with E-state index in [0.29, 0.717) is 12.4 Å². The number of fused-ring (bicyclic) bond motifs is 1.